The Hall–Kier alpha value is -2.63. The SMILES string of the molecule is O=C(O)c1cc(C(=O)O)cc(-[n+]2cc[nH]c2)c1. The number of H-pyrrole nitrogens is 1. The number of aromatic amines is 1. The van der Waals surface area contributed by atoms with Crippen LogP contribution in [-0.2, 0) is 0 Å². The Balaban J connectivity index is 2.60. The van der Waals surface area contributed by atoms with Crippen molar-refractivity contribution in [3.8, 4) is 5.69 Å². The van der Waals surface area contributed by atoms with Crippen LogP contribution in [0.2, 0.25) is 0 Å². The number of imidazole rings is 1. The second-order valence-corrected chi connectivity index (χ2v) is 3.40. The molecular formula is C11H9N2O4+. The molecule has 0 fully saturated rings. The van der Waals surface area contributed by atoms with Gasteiger partial charge >= 0.3 is 11.9 Å². The van der Waals surface area contributed by atoms with Crippen molar-refractivity contribution in [3.63, 3.8) is 0 Å². The summed E-state index contributed by atoms with van der Waals surface area (Å²) in [6, 6.07) is 3.94. The van der Waals surface area contributed by atoms with Crippen LogP contribution in [0.5, 0.6) is 0 Å². The van der Waals surface area contributed by atoms with Gasteiger partial charge in [0.05, 0.1) is 11.1 Å². The summed E-state index contributed by atoms with van der Waals surface area (Å²) in [6.07, 6.45) is 4.90. The highest BCUT2D eigenvalue weighted by molar-refractivity contribution is 5.94. The lowest BCUT2D eigenvalue weighted by Crippen LogP contribution is -2.27. The number of aromatic carboxylic acids is 2. The molecule has 0 unspecified atom stereocenters. The summed E-state index contributed by atoms with van der Waals surface area (Å²) in [6.45, 7) is 0. The van der Waals surface area contributed by atoms with Crippen LogP contribution in [0.15, 0.2) is 36.9 Å². The van der Waals surface area contributed by atoms with Crippen molar-refractivity contribution in [1.29, 1.82) is 0 Å². The Morgan fingerprint density at radius 3 is 2.06 bits per heavy atom. The fraction of sp³-hybridized carbons (Fsp3) is 0. The van der Waals surface area contributed by atoms with Crippen LogP contribution >= 0.6 is 0 Å². The Morgan fingerprint density at radius 1 is 1.06 bits per heavy atom. The smallest absolute Gasteiger partial charge is 0.335 e. The van der Waals surface area contributed by atoms with Crippen LogP contribution < -0.4 is 4.57 Å². The van der Waals surface area contributed by atoms with Gasteiger partial charge in [0.25, 0.3) is 0 Å². The van der Waals surface area contributed by atoms with Gasteiger partial charge in [0.1, 0.15) is 18.1 Å². The maximum atomic E-state index is 10.9. The van der Waals surface area contributed by atoms with Crippen molar-refractivity contribution in [2.75, 3.05) is 0 Å². The fourth-order valence-electron chi connectivity index (χ4n) is 1.46. The Morgan fingerprint density at radius 2 is 1.65 bits per heavy atom. The van der Waals surface area contributed by atoms with E-state index in [1.54, 1.807) is 23.3 Å². The van der Waals surface area contributed by atoms with E-state index in [9.17, 15) is 9.59 Å². The van der Waals surface area contributed by atoms with Crippen molar-refractivity contribution in [3.05, 3.63) is 48.0 Å². The van der Waals surface area contributed by atoms with Crippen LogP contribution in [0.3, 0.4) is 0 Å². The van der Waals surface area contributed by atoms with Gasteiger partial charge in [0.15, 0.2) is 0 Å². The van der Waals surface area contributed by atoms with E-state index in [4.69, 9.17) is 10.2 Å². The molecule has 86 valence electrons. The van der Waals surface area contributed by atoms with Gasteiger partial charge in [0, 0.05) is 0 Å². The first-order valence-electron chi connectivity index (χ1n) is 4.74. The van der Waals surface area contributed by atoms with E-state index < -0.39 is 11.9 Å². The molecule has 0 radical (unpaired) electrons. The quantitative estimate of drug-likeness (QED) is 0.680. The highest BCUT2D eigenvalue weighted by Gasteiger charge is 2.14. The van der Waals surface area contributed by atoms with Crippen LogP contribution in [0.1, 0.15) is 20.7 Å². The van der Waals surface area contributed by atoms with Crippen molar-refractivity contribution >= 4 is 11.9 Å². The number of benzene rings is 1. The molecule has 0 bridgehead atoms. The van der Waals surface area contributed by atoms with Gasteiger partial charge in [-0.05, 0) is 18.2 Å². The van der Waals surface area contributed by atoms with Gasteiger partial charge in [-0.25, -0.2) is 19.1 Å². The summed E-state index contributed by atoms with van der Waals surface area (Å²) in [5, 5.41) is 17.8. The average Bonchev–Trinajstić information content (AvgIpc) is 2.81. The first kappa shape index (κ1) is 10.9. The van der Waals surface area contributed by atoms with Crippen LogP contribution in [-0.4, -0.2) is 27.1 Å². The lowest BCUT2D eigenvalue weighted by atomic mass is 10.1. The van der Waals surface area contributed by atoms with E-state index in [0.717, 1.165) is 6.07 Å². The highest BCUT2D eigenvalue weighted by atomic mass is 16.4. The third kappa shape index (κ3) is 2.15. The largest absolute Gasteiger partial charge is 0.478 e. The van der Waals surface area contributed by atoms with Gasteiger partial charge in [-0.2, -0.15) is 0 Å². The van der Waals surface area contributed by atoms with Gasteiger partial charge in [0.2, 0.25) is 6.33 Å². The molecule has 17 heavy (non-hydrogen) atoms. The lowest BCUT2D eigenvalue weighted by Gasteiger charge is -2.01. The lowest BCUT2D eigenvalue weighted by molar-refractivity contribution is -0.594. The van der Waals surface area contributed by atoms with E-state index in [0.29, 0.717) is 5.69 Å². The zero-order valence-electron chi connectivity index (χ0n) is 8.62. The van der Waals surface area contributed by atoms with Crippen LogP contribution in [0.4, 0.5) is 0 Å². The second-order valence-electron chi connectivity index (χ2n) is 3.40. The normalized spacial score (nSPS) is 10.1. The Kier molecular flexibility index (Phi) is 2.61. The monoisotopic (exact) mass is 233 g/mol. The summed E-state index contributed by atoms with van der Waals surface area (Å²) < 4.78 is 1.60. The minimum Gasteiger partial charge on any atom is -0.478 e. The Bertz CT molecular complexity index is 543. The molecule has 1 heterocycles. The number of hydrogen-bond acceptors (Lipinski definition) is 2. The number of carboxylic acids is 2. The fourth-order valence-corrected chi connectivity index (χ4v) is 1.46. The third-order valence-electron chi connectivity index (χ3n) is 2.25. The standard InChI is InChI=1S/C11H8N2O4/c14-10(15)7-3-8(11(16)17)5-9(4-7)13-2-1-12-6-13/h1-6H,(H2,14,15,16,17)/p+1. The number of nitrogens with zero attached hydrogens (tertiary/aromatic N) is 1. The molecule has 0 amide bonds. The van der Waals surface area contributed by atoms with E-state index in [-0.39, 0.29) is 11.1 Å². The van der Waals surface area contributed by atoms with Gasteiger partial charge in [-0.3, -0.25) is 0 Å². The highest BCUT2D eigenvalue weighted by Crippen LogP contribution is 2.10. The maximum Gasteiger partial charge on any atom is 0.335 e. The number of carboxylic acid groups (broad SMARTS) is 2. The second kappa shape index (κ2) is 4.09. The van der Waals surface area contributed by atoms with E-state index in [1.165, 1.54) is 12.1 Å². The predicted octanol–water partition coefficient (Wildman–Crippen LogP) is 0.688. The van der Waals surface area contributed by atoms with E-state index in [2.05, 4.69) is 4.98 Å². The molecule has 6 heteroatoms. The summed E-state index contributed by atoms with van der Waals surface area (Å²) in [5.41, 5.74) is 0.353. The molecular weight excluding hydrogens is 224 g/mol. The van der Waals surface area contributed by atoms with Crippen LogP contribution in [0, 0.1) is 0 Å². The third-order valence-corrected chi connectivity index (χ3v) is 2.25. The maximum absolute atomic E-state index is 10.9. The van der Waals surface area contributed by atoms with E-state index >= 15 is 0 Å². The number of nitrogens with one attached hydrogen (secondary N) is 1. The van der Waals surface area contributed by atoms with E-state index in [1.807, 2.05) is 0 Å². The number of aromatic nitrogens is 2. The first-order valence-corrected chi connectivity index (χ1v) is 4.74. The minimum atomic E-state index is -1.16. The summed E-state index contributed by atoms with van der Waals surface area (Å²) in [4.78, 5) is 24.6. The Labute approximate surface area is 95.8 Å². The average molecular weight is 233 g/mol. The number of rotatable bonds is 3. The molecule has 6 nitrogen and oxygen atoms in total. The van der Waals surface area contributed by atoms with Crippen molar-refractivity contribution in [2.24, 2.45) is 0 Å². The van der Waals surface area contributed by atoms with Crippen LogP contribution in [0.25, 0.3) is 5.69 Å². The molecule has 1 aromatic heterocycles. The molecule has 0 aliphatic heterocycles. The van der Waals surface area contributed by atoms with Gasteiger partial charge in [-0.1, -0.05) is 0 Å². The zero-order valence-corrected chi connectivity index (χ0v) is 8.62. The van der Waals surface area contributed by atoms with Crippen molar-refractivity contribution < 1.29 is 24.4 Å². The van der Waals surface area contributed by atoms with Crippen molar-refractivity contribution in [1.82, 2.24) is 4.98 Å². The van der Waals surface area contributed by atoms with Gasteiger partial charge in [-0.15, -0.1) is 0 Å². The molecule has 0 aliphatic rings. The number of carbonyl (C=O) groups is 2. The molecule has 0 saturated heterocycles. The van der Waals surface area contributed by atoms with Crippen molar-refractivity contribution in [2.45, 2.75) is 0 Å². The molecule has 0 atom stereocenters. The minimum absolute atomic E-state index is 0.0615. The molecule has 0 aliphatic carbocycles. The zero-order chi connectivity index (χ0) is 12.4. The molecule has 2 rings (SSSR count). The number of hydrogen-bond donors (Lipinski definition) is 3. The molecule has 2 aromatic rings. The summed E-state index contributed by atoms with van der Waals surface area (Å²) in [5.74, 6) is -2.32. The molecule has 3 N–H and O–H groups in total. The molecule has 0 saturated carbocycles. The first-order chi connectivity index (χ1) is 8.08. The topological polar surface area (TPSA) is 94.3 Å². The van der Waals surface area contributed by atoms with Gasteiger partial charge < -0.3 is 10.2 Å². The summed E-state index contributed by atoms with van der Waals surface area (Å²) in [7, 11) is 0. The predicted molar refractivity (Wildman–Crippen MR) is 56.2 cm³/mol. The molecule has 0 spiro atoms. The molecule has 1 aromatic carbocycles. The summed E-state index contributed by atoms with van der Waals surface area (Å²) >= 11 is 0.